The molecule has 5 aliphatic heterocycles. The van der Waals surface area contributed by atoms with Gasteiger partial charge >= 0.3 is 0 Å². The van der Waals surface area contributed by atoms with Gasteiger partial charge < -0.3 is 33.2 Å². The lowest BCUT2D eigenvalue weighted by Gasteiger charge is -2.24. The molecule has 0 amide bonds. The maximum Gasteiger partial charge on any atom is 0.154 e. The van der Waals surface area contributed by atoms with Gasteiger partial charge in [-0.25, -0.2) is 37.5 Å². The van der Waals surface area contributed by atoms with Crippen LogP contribution in [0.2, 0.25) is 0 Å². The van der Waals surface area contributed by atoms with Gasteiger partial charge in [0.2, 0.25) is 0 Å². The second-order valence-electron chi connectivity index (χ2n) is 32.7. The fourth-order valence-electron chi connectivity index (χ4n) is 10.4. The number of benzene rings is 4. The number of aromatic nitrogens is 6. The molecular formula is C99H150F4N6O7. The van der Waals surface area contributed by atoms with E-state index in [1.54, 1.807) is 32.9 Å². The number of ether oxygens (including phenoxy) is 7. The second kappa shape index (κ2) is 61.6. The van der Waals surface area contributed by atoms with Crippen LogP contribution in [0.3, 0.4) is 0 Å². The number of nitrogens with zero attached hydrogens (tertiary/aromatic N) is 6. The molecule has 17 heteroatoms. The maximum absolute atomic E-state index is 12.6. The summed E-state index contributed by atoms with van der Waals surface area (Å²) >= 11 is 0. The molecule has 4 aromatic carbocycles. The van der Waals surface area contributed by atoms with Gasteiger partial charge in [-0.3, -0.25) is 9.97 Å². The lowest BCUT2D eigenvalue weighted by atomic mass is 9.84. The standard InChI is InChI=1S/C8H8F2.2C8H9F.C8H16.C8H10.2C7H9N.2C7H14O.C7H12O.2C6H8N2.2C6H12O2/c1-5-3-7(9)6(2)8(10)4-5;2*1-6-3-4-7(2)8(9)5-6;2*1-7-3-5-8(2)6-4-7;5*1-6-3-4-7(2)8-5-6;4*1-5-3-7-6(2)8-4-5/h3-4H,1-2H3;2*3-5H,1-2H3;7-8H,3-6H2,1-2H3;3-6H,1-2H3;2*3-5H,1-2H3;2*6-7H,3-5H2,1-2H3;4,6H,3,5H2,1-2H3;2*3-4H,1-2H3;2*5-6H,3-4H2,1-2H3. The van der Waals surface area contributed by atoms with Gasteiger partial charge in [0.1, 0.15) is 34.9 Å². The molecule has 13 nitrogen and oxygen atoms in total. The first-order valence-corrected chi connectivity index (χ1v) is 41.9. The van der Waals surface area contributed by atoms with Gasteiger partial charge in [-0.15, -0.1) is 0 Å². The predicted octanol–water partition coefficient (Wildman–Crippen LogP) is 25.8. The third kappa shape index (κ3) is 56.7. The van der Waals surface area contributed by atoms with Crippen LogP contribution < -0.4 is 0 Å². The molecule has 5 atom stereocenters. The van der Waals surface area contributed by atoms with Crippen LogP contribution in [0.4, 0.5) is 17.6 Å². The number of hydrogen-bond acceptors (Lipinski definition) is 13. The Balaban J connectivity index is 0.000000625. The minimum Gasteiger partial charge on any atom is -0.498 e. The van der Waals surface area contributed by atoms with Crippen LogP contribution in [0.15, 0.2) is 146 Å². The highest BCUT2D eigenvalue weighted by Crippen LogP contribution is 2.27. The average molecular weight is 1610 g/mol. The Morgan fingerprint density at radius 2 is 0.560 bits per heavy atom. The highest BCUT2D eigenvalue weighted by molar-refractivity contribution is 5.25. The Labute approximate surface area is 700 Å². The van der Waals surface area contributed by atoms with Crippen LogP contribution >= 0.6 is 0 Å². The number of aryl methyl sites for hydroxylation is 15. The highest BCUT2D eigenvalue weighted by Gasteiger charge is 2.17. The van der Waals surface area contributed by atoms with Crippen LogP contribution in [0.25, 0.3) is 0 Å². The third-order valence-electron chi connectivity index (χ3n) is 18.9. The summed E-state index contributed by atoms with van der Waals surface area (Å²) < 4.78 is 87.1. The lowest BCUT2D eigenvalue weighted by Crippen LogP contribution is -2.27. The quantitative estimate of drug-likeness (QED) is 0.133. The van der Waals surface area contributed by atoms with E-state index in [-0.39, 0.29) is 29.8 Å². The van der Waals surface area contributed by atoms with Crippen LogP contribution in [0.5, 0.6) is 0 Å². The van der Waals surface area contributed by atoms with Crippen LogP contribution in [-0.4, -0.2) is 101 Å². The van der Waals surface area contributed by atoms with Crippen LogP contribution in [-0.2, 0) is 33.2 Å². The van der Waals surface area contributed by atoms with Crippen molar-refractivity contribution in [3.8, 4) is 0 Å². The molecule has 8 aromatic rings. The summed E-state index contributed by atoms with van der Waals surface area (Å²) in [6.45, 7) is 62.3. The number of allylic oxidation sites excluding steroid dienone is 2. The van der Waals surface area contributed by atoms with Crippen molar-refractivity contribution in [2.45, 2.75) is 276 Å². The molecule has 1 aliphatic carbocycles. The van der Waals surface area contributed by atoms with E-state index in [0.29, 0.717) is 40.7 Å². The smallest absolute Gasteiger partial charge is 0.154 e. The zero-order valence-electron chi connectivity index (χ0n) is 76.5. The molecule has 6 aliphatic rings. The van der Waals surface area contributed by atoms with Crippen LogP contribution in [0.1, 0.15) is 231 Å². The van der Waals surface area contributed by atoms with E-state index < -0.39 is 11.6 Å². The first-order chi connectivity index (χ1) is 54.7. The molecule has 5 fully saturated rings. The Morgan fingerprint density at radius 1 is 0.267 bits per heavy atom. The SMILES string of the molecule is CC1=CCC(C)CO1.CC1CCC(C)CC1.CC1CCC(C)OC1.CC1CCC(C)OC1.CC1COC(C)OC1.CC1COC(C)OC1.Cc1cc(F)c(C)c(F)c1.Cc1ccc(C)c(F)c1.Cc1ccc(C)c(F)c1.Cc1ccc(C)cc1.Cc1ccc(C)nc1.Cc1ccc(C)nc1.Cc1cnc(C)nc1.Cc1cnc(C)nc1. The third-order valence-corrected chi connectivity index (χ3v) is 18.9. The first-order valence-electron chi connectivity index (χ1n) is 41.9. The molecule has 4 aromatic heterocycles. The van der Waals surface area contributed by atoms with E-state index in [1.807, 2.05) is 151 Å². The van der Waals surface area contributed by atoms with Crippen molar-refractivity contribution in [3.63, 3.8) is 0 Å². The molecule has 1 saturated carbocycles. The second-order valence-corrected chi connectivity index (χ2v) is 32.7. The Bertz CT molecular complexity index is 3210. The molecule has 646 valence electrons. The molecule has 9 heterocycles. The van der Waals surface area contributed by atoms with Crippen molar-refractivity contribution in [2.24, 2.45) is 41.4 Å². The Hall–Kier alpha value is -7.64. The molecule has 0 spiro atoms. The molecule has 116 heavy (non-hydrogen) atoms. The molecule has 4 saturated heterocycles. The summed E-state index contributed by atoms with van der Waals surface area (Å²) in [5, 5.41) is 0. The number of pyridine rings is 2. The van der Waals surface area contributed by atoms with E-state index in [4.69, 9.17) is 33.2 Å². The molecule has 5 unspecified atom stereocenters. The van der Waals surface area contributed by atoms with Gasteiger partial charge in [0, 0.05) is 79.2 Å². The van der Waals surface area contributed by atoms with Gasteiger partial charge in [-0.05, 0) is 300 Å². The Morgan fingerprint density at radius 3 is 0.793 bits per heavy atom. The summed E-state index contributed by atoms with van der Waals surface area (Å²) in [4.78, 5) is 24.0. The molecular weight excluding hydrogens is 1460 g/mol. The topological polar surface area (TPSA) is 142 Å². The van der Waals surface area contributed by atoms with E-state index >= 15 is 0 Å². The van der Waals surface area contributed by atoms with Crippen molar-refractivity contribution >= 4 is 0 Å². The molecule has 14 rings (SSSR count). The van der Waals surface area contributed by atoms with Crippen molar-refractivity contribution in [3.05, 3.63) is 259 Å². The Kier molecular flexibility index (Phi) is 56.5. The van der Waals surface area contributed by atoms with Gasteiger partial charge in [-0.1, -0.05) is 146 Å². The van der Waals surface area contributed by atoms with E-state index in [1.165, 1.54) is 111 Å². The molecule has 0 bridgehead atoms. The largest absolute Gasteiger partial charge is 0.498 e. The minimum atomic E-state index is -0.475. The fourth-order valence-corrected chi connectivity index (χ4v) is 10.4. The average Bonchev–Trinajstić information content (AvgIpc) is 0.872. The molecule has 0 radical (unpaired) electrons. The van der Waals surface area contributed by atoms with Crippen molar-refractivity contribution in [1.29, 1.82) is 0 Å². The zero-order valence-corrected chi connectivity index (χ0v) is 76.5. The van der Waals surface area contributed by atoms with Gasteiger partial charge in [0.05, 0.1) is 51.0 Å². The zero-order chi connectivity index (χ0) is 87.2. The van der Waals surface area contributed by atoms with Crippen molar-refractivity contribution < 1.29 is 50.7 Å². The summed E-state index contributed by atoms with van der Waals surface area (Å²) in [6, 6.07) is 29.7. The monoisotopic (exact) mass is 1610 g/mol. The summed E-state index contributed by atoms with van der Waals surface area (Å²) in [6.07, 6.45) is 26.5. The fraction of sp³-hybridized carbons (Fsp3) is 0.556. The predicted molar refractivity (Wildman–Crippen MR) is 473 cm³/mol. The minimum absolute atomic E-state index is 0.0196. The number of hydrogen-bond donors (Lipinski definition) is 0. The van der Waals surface area contributed by atoms with E-state index in [0.717, 1.165) is 127 Å². The summed E-state index contributed by atoms with van der Waals surface area (Å²) in [7, 11) is 0. The number of rotatable bonds is 0. The van der Waals surface area contributed by atoms with Gasteiger partial charge in [-0.2, -0.15) is 0 Å². The lowest BCUT2D eigenvalue weighted by molar-refractivity contribution is -0.187. The highest BCUT2D eigenvalue weighted by atomic mass is 19.1. The van der Waals surface area contributed by atoms with Crippen molar-refractivity contribution in [2.75, 3.05) is 46.2 Å². The van der Waals surface area contributed by atoms with Crippen molar-refractivity contribution in [1.82, 2.24) is 29.9 Å². The summed E-state index contributed by atoms with van der Waals surface area (Å²) in [5.74, 6) is 7.07. The molecule has 0 N–H and O–H groups in total. The normalized spacial score (nSPS) is 21.2. The van der Waals surface area contributed by atoms with Crippen LogP contribution in [0, 0.1) is 175 Å². The van der Waals surface area contributed by atoms with E-state index in [2.05, 4.69) is 149 Å². The first kappa shape index (κ1) is 106. The summed E-state index contributed by atoms with van der Waals surface area (Å²) in [5.41, 5.74) is 13.5. The van der Waals surface area contributed by atoms with E-state index in [9.17, 15) is 17.6 Å². The number of halogens is 4. The van der Waals surface area contributed by atoms with Gasteiger partial charge in [0.15, 0.2) is 12.6 Å². The van der Waals surface area contributed by atoms with Gasteiger partial charge in [0.25, 0.3) is 0 Å². The maximum atomic E-state index is 12.6.